The van der Waals surface area contributed by atoms with Gasteiger partial charge in [-0.1, -0.05) is 43.2 Å². The van der Waals surface area contributed by atoms with Crippen molar-refractivity contribution in [1.82, 2.24) is 14.9 Å². The molecule has 0 bridgehead atoms. The Morgan fingerprint density at radius 2 is 1.93 bits per heavy atom. The fourth-order valence-corrected chi connectivity index (χ4v) is 5.05. The van der Waals surface area contributed by atoms with Crippen LogP contribution in [0.15, 0.2) is 72.6 Å². The molecule has 2 aromatic carbocycles. The number of allylic oxidation sites excluding steroid dienone is 1. The van der Waals surface area contributed by atoms with Gasteiger partial charge in [-0.3, -0.25) is 4.90 Å². The number of nitrogens with one attached hydrogen (secondary N) is 1. The zero-order chi connectivity index (χ0) is 37.5. The largest absolute Gasteiger partial charge is 0.478 e. The van der Waals surface area contributed by atoms with Crippen molar-refractivity contribution in [2.45, 2.75) is 33.1 Å². The lowest BCUT2D eigenvalue weighted by Gasteiger charge is -2.39. The average Bonchev–Trinajstić information content (AvgIpc) is 3.47. The summed E-state index contributed by atoms with van der Waals surface area (Å²) in [5.74, 6) is -1.70. The lowest BCUT2D eigenvalue weighted by atomic mass is 9.72. The smallest absolute Gasteiger partial charge is 0.339 e. The summed E-state index contributed by atoms with van der Waals surface area (Å²) in [5, 5.41) is 11.0. The van der Waals surface area contributed by atoms with Gasteiger partial charge < -0.3 is 19.7 Å². The molecule has 3 heterocycles. The second kappa shape index (κ2) is 11.2. The number of rotatable bonds is 7. The molecular formula is C33H35ClN4O3. The molecule has 6 rings (SSSR count). The van der Waals surface area contributed by atoms with E-state index < -0.39 is 49.7 Å². The van der Waals surface area contributed by atoms with Crippen LogP contribution in [0.2, 0.25) is 5.02 Å². The van der Waals surface area contributed by atoms with Crippen LogP contribution < -0.4 is 9.64 Å². The number of hydrogen-bond acceptors (Lipinski definition) is 5. The van der Waals surface area contributed by atoms with Crippen LogP contribution in [-0.4, -0.2) is 58.4 Å². The minimum atomic E-state index is -3.54. The Hall–Kier alpha value is -3.81. The normalized spacial score (nSPS) is 26.6. The summed E-state index contributed by atoms with van der Waals surface area (Å²) in [6.07, 6.45) is 3.81. The molecule has 0 spiro atoms. The third kappa shape index (κ3) is 6.11. The molecule has 212 valence electrons. The summed E-state index contributed by atoms with van der Waals surface area (Å²) < 4.78 is 97.3. The number of carboxylic acid groups (broad SMARTS) is 1. The van der Waals surface area contributed by atoms with Crippen LogP contribution in [0, 0.1) is 5.41 Å². The molecule has 1 aliphatic carbocycles. The van der Waals surface area contributed by atoms with Crippen molar-refractivity contribution in [2.24, 2.45) is 5.41 Å². The van der Waals surface area contributed by atoms with Gasteiger partial charge in [-0.15, -0.1) is 0 Å². The number of hydrogen-bond donors (Lipinski definition) is 2. The molecule has 2 aliphatic rings. The van der Waals surface area contributed by atoms with Gasteiger partial charge in [0.05, 0.1) is 11.7 Å². The fourth-order valence-electron chi connectivity index (χ4n) is 4.93. The number of benzene rings is 2. The van der Waals surface area contributed by atoms with Gasteiger partial charge >= 0.3 is 5.97 Å². The zero-order valence-electron chi connectivity index (χ0n) is 32.5. The van der Waals surface area contributed by atoms with E-state index in [4.69, 9.17) is 27.3 Å². The summed E-state index contributed by atoms with van der Waals surface area (Å²) in [7, 11) is 0. The van der Waals surface area contributed by atoms with Crippen LogP contribution in [0.1, 0.15) is 62.7 Å². The molecule has 0 amide bonds. The van der Waals surface area contributed by atoms with Gasteiger partial charge in [0, 0.05) is 69.1 Å². The number of carboxylic acids is 1. The topological polar surface area (TPSA) is 81.7 Å². The van der Waals surface area contributed by atoms with Crippen LogP contribution in [0.5, 0.6) is 11.5 Å². The number of aromatic nitrogens is 2. The number of nitrogens with zero attached hydrogens (tertiary/aromatic N) is 3. The van der Waals surface area contributed by atoms with Gasteiger partial charge in [0.2, 0.25) is 0 Å². The Morgan fingerprint density at radius 1 is 1.15 bits per heavy atom. The molecule has 0 atom stereocenters. The van der Waals surface area contributed by atoms with Gasteiger partial charge in [0.1, 0.15) is 22.7 Å². The second-order valence-corrected chi connectivity index (χ2v) is 11.1. The van der Waals surface area contributed by atoms with Crippen molar-refractivity contribution in [3.05, 3.63) is 88.7 Å². The van der Waals surface area contributed by atoms with E-state index in [-0.39, 0.29) is 38.7 Å². The maximum atomic E-state index is 12.2. The van der Waals surface area contributed by atoms with E-state index in [9.17, 15) is 12.6 Å². The molecule has 0 saturated carbocycles. The first-order valence-corrected chi connectivity index (χ1v) is 13.5. The number of aromatic amines is 1. The zero-order valence-corrected chi connectivity index (χ0v) is 23.2. The minimum Gasteiger partial charge on any atom is -0.478 e. The number of fused-ring (bicyclic) bond motifs is 1. The van der Waals surface area contributed by atoms with Crippen LogP contribution in [0.4, 0.5) is 5.69 Å². The van der Waals surface area contributed by atoms with E-state index in [1.165, 1.54) is 6.20 Å². The highest BCUT2D eigenvalue weighted by molar-refractivity contribution is 6.30. The molecule has 8 heteroatoms. The number of H-pyrrole nitrogens is 1. The standard InChI is InChI=1S/C33H35ClN4O3/c1-33(2)11-9-24(29(19-33)22-3-5-25(34)6-4-22)21-37-13-15-38(16-14-37)26-7-8-28(32(39)40)30(18-26)41-27-17-23-10-12-35-31(23)36-20-27/h3-8,10,12,17-18,20H,9,11,13-16,19,21H2,1-2H3,(H,35,36)(H,39,40)/i13D2,14D2,15D2,16D2,21D2. The van der Waals surface area contributed by atoms with Crippen molar-refractivity contribution in [3.63, 3.8) is 0 Å². The van der Waals surface area contributed by atoms with Crippen LogP contribution in [-0.2, 0) is 0 Å². The number of aromatic carboxylic acids is 1. The number of piperazine rings is 1. The van der Waals surface area contributed by atoms with Gasteiger partial charge in [0.25, 0.3) is 0 Å². The number of anilines is 1. The monoisotopic (exact) mass is 580 g/mol. The van der Waals surface area contributed by atoms with Crippen LogP contribution in [0.25, 0.3) is 16.6 Å². The Labute approximate surface area is 259 Å². The van der Waals surface area contributed by atoms with E-state index >= 15 is 0 Å². The Balaban J connectivity index is 1.48. The first-order valence-electron chi connectivity index (χ1n) is 18.1. The predicted octanol–water partition coefficient (Wildman–Crippen LogP) is 7.49. The number of pyridine rings is 1. The Kier molecular flexibility index (Phi) is 4.90. The molecule has 1 aliphatic heterocycles. The number of halogens is 1. The SMILES string of the molecule is [2H]C([2H])(C1=C(c2ccc(Cl)cc2)CC(C)(C)CC1)N1C([2H])([2H])C([2H])([2H])N(c2ccc(C(=O)O)c(Oc3cnc4[nH]ccc4c3)c2)C([2H])([2H])C1([2H])[2H]. The first kappa shape index (κ1) is 17.9. The van der Waals surface area contributed by atoms with Gasteiger partial charge in [-0.05, 0) is 72.2 Å². The van der Waals surface area contributed by atoms with Crippen molar-refractivity contribution in [2.75, 3.05) is 37.4 Å². The van der Waals surface area contributed by atoms with E-state index in [1.54, 1.807) is 42.6 Å². The van der Waals surface area contributed by atoms with Crippen molar-refractivity contribution >= 4 is 39.9 Å². The molecule has 1 saturated heterocycles. The van der Waals surface area contributed by atoms with E-state index in [0.717, 1.165) is 18.2 Å². The molecule has 2 aromatic heterocycles. The molecule has 7 nitrogen and oxygen atoms in total. The second-order valence-electron chi connectivity index (χ2n) is 10.7. The van der Waals surface area contributed by atoms with Gasteiger partial charge in [0.15, 0.2) is 0 Å². The molecule has 1 fully saturated rings. The van der Waals surface area contributed by atoms with E-state index in [1.807, 2.05) is 13.8 Å². The Morgan fingerprint density at radius 3 is 2.68 bits per heavy atom. The molecule has 2 N–H and O–H groups in total. The van der Waals surface area contributed by atoms with Gasteiger partial charge in [-0.2, -0.15) is 0 Å². The van der Waals surface area contributed by atoms with Crippen LogP contribution >= 0.6 is 11.6 Å². The Bertz CT molecular complexity index is 2020. The number of carbonyl (C=O) groups is 1. The van der Waals surface area contributed by atoms with Crippen molar-refractivity contribution in [3.8, 4) is 11.5 Å². The number of ether oxygens (including phenoxy) is 1. The minimum absolute atomic E-state index is 0.00597. The highest BCUT2D eigenvalue weighted by atomic mass is 35.5. The predicted molar refractivity (Wildman–Crippen MR) is 164 cm³/mol. The third-order valence-corrected chi connectivity index (χ3v) is 7.37. The lowest BCUT2D eigenvalue weighted by Crippen LogP contribution is -2.47. The summed E-state index contributed by atoms with van der Waals surface area (Å²) >= 11 is 6.12. The van der Waals surface area contributed by atoms with E-state index in [0.29, 0.717) is 40.0 Å². The summed E-state index contributed by atoms with van der Waals surface area (Å²) in [5.41, 5.74) is 0.443. The highest BCUT2D eigenvalue weighted by Crippen LogP contribution is 2.43. The summed E-state index contributed by atoms with van der Waals surface area (Å²) in [6, 6.07) is 12.9. The molecule has 0 radical (unpaired) electrons. The maximum Gasteiger partial charge on any atom is 0.339 e. The molecule has 4 aromatic rings. The molecule has 41 heavy (non-hydrogen) atoms. The summed E-state index contributed by atoms with van der Waals surface area (Å²) in [6.45, 7) is -13.1. The highest BCUT2D eigenvalue weighted by Gasteiger charge is 2.29. The van der Waals surface area contributed by atoms with Crippen molar-refractivity contribution in [1.29, 1.82) is 0 Å². The first-order chi connectivity index (χ1) is 23.5. The quantitative estimate of drug-likeness (QED) is 0.236. The van der Waals surface area contributed by atoms with Gasteiger partial charge in [-0.25, -0.2) is 9.78 Å². The summed E-state index contributed by atoms with van der Waals surface area (Å²) in [4.78, 5) is 19.6. The third-order valence-electron chi connectivity index (χ3n) is 7.11. The molecule has 0 unspecified atom stereocenters. The van der Waals surface area contributed by atoms with Crippen LogP contribution in [0.3, 0.4) is 0 Å². The maximum absolute atomic E-state index is 12.2. The average molecular weight is 581 g/mol. The fraction of sp³-hybridized carbons (Fsp3) is 0.333. The molecular weight excluding hydrogens is 536 g/mol. The lowest BCUT2D eigenvalue weighted by molar-refractivity contribution is 0.0694. The van der Waals surface area contributed by atoms with E-state index in [2.05, 4.69) is 9.97 Å². The van der Waals surface area contributed by atoms with Crippen molar-refractivity contribution < 1.29 is 28.3 Å².